The molecule has 2 atom stereocenters. The lowest BCUT2D eigenvalue weighted by Crippen LogP contribution is -2.42. The Balaban J connectivity index is 1.82. The van der Waals surface area contributed by atoms with Crippen molar-refractivity contribution < 1.29 is 9.13 Å². The number of piperidine rings is 1. The van der Waals surface area contributed by atoms with Gasteiger partial charge in [0.15, 0.2) is 0 Å². The van der Waals surface area contributed by atoms with Gasteiger partial charge < -0.3 is 4.74 Å². The number of hydrogen-bond acceptors (Lipinski definition) is 3. The summed E-state index contributed by atoms with van der Waals surface area (Å²) in [5, 5.41) is 5.41. The Morgan fingerprint density at radius 2 is 2.23 bits per heavy atom. The summed E-state index contributed by atoms with van der Waals surface area (Å²) >= 11 is 0. The fourth-order valence-electron chi connectivity index (χ4n) is 3.47. The minimum atomic E-state index is -0.824. The van der Waals surface area contributed by atoms with E-state index in [1.165, 1.54) is 5.56 Å². The van der Waals surface area contributed by atoms with E-state index in [9.17, 15) is 4.39 Å². The molecule has 2 unspecified atom stereocenters. The summed E-state index contributed by atoms with van der Waals surface area (Å²) in [5.74, 6) is -0.0157. The molecule has 22 heavy (non-hydrogen) atoms. The first-order valence-electron chi connectivity index (χ1n) is 7.87. The first-order chi connectivity index (χ1) is 10.6. The van der Waals surface area contributed by atoms with Crippen LogP contribution in [0.15, 0.2) is 18.3 Å². The Morgan fingerprint density at radius 1 is 1.41 bits per heavy atom. The minimum absolute atomic E-state index is 0.0157. The van der Waals surface area contributed by atoms with Crippen molar-refractivity contribution in [1.29, 1.82) is 0 Å². The van der Waals surface area contributed by atoms with Gasteiger partial charge >= 0.3 is 0 Å². The number of alkyl halides is 1. The third kappa shape index (κ3) is 2.88. The zero-order valence-corrected chi connectivity index (χ0v) is 13.6. The molecule has 0 aliphatic carbocycles. The highest BCUT2D eigenvalue weighted by Gasteiger charge is 2.31. The number of fused-ring (bicyclic) bond motifs is 1. The van der Waals surface area contributed by atoms with E-state index in [2.05, 4.69) is 29.1 Å². The SMILES string of the molecule is COCCN1CCC(c2cc3c(cnn3C)cc2C)C(F)C1. The van der Waals surface area contributed by atoms with Crippen LogP contribution in [0.25, 0.3) is 10.9 Å². The van der Waals surface area contributed by atoms with Crippen LogP contribution in [-0.2, 0) is 11.8 Å². The smallest absolute Gasteiger partial charge is 0.120 e. The van der Waals surface area contributed by atoms with Gasteiger partial charge in [-0.1, -0.05) is 0 Å². The van der Waals surface area contributed by atoms with Crippen molar-refractivity contribution in [3.05, 3.63) is 29.5 Å². The molecular formula is C17H24FN3O. The van der Waals surface area contributed by atoms with Crippen molar-refractivity contribution in [3.8, 4) is 0 Å². The maximum atomic E-state index is 14.7. The van der Waals surface area contributed by atoms with Crippen molar-refractivity contribution in [1.82, 2.24) is 14.7 Å². The summed E-state index contributed by atoms with van der Waals surface area (Å²) in [5.41, 5.74) is 3.38. The van der Waals surface area contributed by atoms with Gasteiger partial charge in [0.25, 0.3) is 0 Å². The van der Waals surface area contributed by atoms with Crippen LogP contribution in [0.3, 0.4) is 0 Å². The summed E-state index contributed by atoms with van der Waals surface area (Å²) in [6.45, 7) is 4.97. The fourth-order valence-corrected chi connectivity index (χ4v) is 3.47. The topological polar surface area (TPSA) is 30.3 Å². The standard InChI is InChI=1S/C17H24FN3O/c1-12-8-13-10-19-20(2)17(13)9-15(12)14-4-5-21(6-7-22-3)11-16(14)18/h8-10,14,16H,4-7,11H2,1-3H3. The molecule has 0 spiro atoms. The Hall–Kier alpha value is -1.46. The van der Waals surface area contributed by atoms with Gasteiger partial charge in [-0.2, -0.15) is 5.10 Å². The number of ether oxygens (including phenoxy) is 1. The van der Waals surface area contributed by atoms with Gasteiger partial charge in [-0.05, 0) is 43.1 Å². The van der Waals surface area contributed by atoms with Gasteiger partial charge in [0.05, 0.1) is 18.3 Å². The highest BCUT2D eigenvalue weighted by molar-refractivity contribution is 5.80. The molecule has 4 nitrogen and oxygen atoms in total. The lowest BCUT2D eigenvalue weighted by molar-refractivity contribution is 0.0862. The lowest BCUT2D eigenvalue weighted by Gasteiger charge is -2.35. The first-order valence-corrected chi connectivity index (χ1v) is 7.87. The number of hydrogen-bond donors (Lipinski definition) is 0. The molecule has 0 bridgehead atoms. The van der Waals surface area contributed by atoms with Gasteiger partial charge in [0.2, 0.25) is 0 Å². The van der Waals surface area contributed by atoms with Gasteiger partial charge in [-0.15, -0.1) is 0 Å². The number of aromatic nitrogens is 2. The van der Waals surface area contributed by atoms with Crippen molar-refractivity contribution >= 4 is 10.9 Å². The summed E-state index contributed by atoms with van der Waals surface area (Å²) in [6, 6.07) is 4.25. The summed E-state index contributed by atoms with van der Waals surface area (Å²) in [4.78, 5) is 2.16. The van der Waals surface area contributed by atoms with Gasteiger partial charge in [0, 0.05) is 38.6 Å². The molecule has 3 rings (SSSR count). The highest BCUT2D eigenvalue weighted by Crippen LogP contribution is 2.34. The molecule has 1 saturated heterocycles. The van der Waals surface area contributed by atoms with Crippen LogP contribution in [0.4, 0.5) is 4.39 Å². The van der Waals surface area contributed by atoms with Crippen LogP contribution in [0, 0.1) is 6.92 Å². The van der Waals surface area contributed by atoms with Crippen molar-refractivity contribution in [2.75, 3.05) is 33.4 Å². The molecule has 5 heteroatoms. The molecule has 0 radical (unpaired) electrons. The van der Waals surface area contributed by atoms with E-state index in [1.807, 2.05) is 17.9 Å². The molecule has 1 aromatic heterocycles. The molecule has 1 aromatic carbocycles. The van der Waals surface area contributed by atoms with Crippen molar-refractivity contribution in [3.63, 3.8) is 0 Å². The van der Waals surface area contributed by atoms with Crippen molar-refractivity contribution in [2.24, 2.45) is 7.05 Å². The number of methoxy groups -OCH3 is 1. The van der Waals surface area contributed by atoms with E-state index >= 15 is 0 Å². The lowest BCUT2D eigenvalue weighted by atomic mass is 9.85. The van der Waals surface area contributed by atoms with Crippen LogP contribution in [0.2, 0.25) is 0 Å². The van der Waals surface area contributed by atoms with Crippen LogP contribution < -0.4 is 0 Å². The Kier molecular flexibility index (Phi) is 4.45. The summed E-state index contributed by atoms with van der Waals surface area (Å²) in [6.07, 6.45) is 1.90. The Morgan fingerprint density at radius 3 is 2.95 bits per heavy atom. The van der Waals surface area contributed by atoms with Crippen LogP contribution in [0.5, 0.6) is 0 Å². The van der Waals surface area contributed by atoms with E-state index in [4.69, 9.17) is 4.74 Å². The predicted octanol–water partition coefficient (Wildman–Crippen LogP) is 2.66. The molecule has 0 amide bonds. The molecule has 2 heterocycles. The quantitative estimate of drug-likeness (QED) is 0.870. The van der Waals surface area contributed by atoms with E-state index in [1.54, 1.807) is 7.11 Å². The molecular weight excluding hydrogens is 281 g/mol. The maximum Gasteiger partial charge on any atom is 0.120 e. The molecule has 2 aromatic rings. The molecule has 0 saturated carbocycles. The van der Waals surface area contributed by atoms with Crippen LogP contribution in [-0.4, -0.2) is 54.2 Å². The van der Waals surface area contributed by atoms with E-state index in [0.717, 1.165) is 36.0 Å². The summed E-state index contributed by atoms with van der Waals surface area (Å²) in [7, 11) is 3.62. The average Bonchev–Trinajstić information content (AvgIpc) is 2.85. The number of halogens is 1. The van der Waals surface area contributed by atoms with E-state index < -0.39 is 6.17 Å². The van der Waals surface area contributed by atoms with Crippen molar-refractivity contribution in [2.45, 2.75) is 25.4 Å². The number of benzene rings is 1. The summed E-state index contributed by atoms with van der Waals surface area (Å²) < 4.78 is 21.7. The second kappa shape index (κ2) is 6.34. The molecule has 1 aliphatic heterocycles. The number of nitrogens with zero attached hydrogens (tertiary/aromatic N) is 3. The number of aryl methyl sites for hydroxylation is 2. The monoisotopic (exact) mass is 305 g/mol. The normalized spacial score (nSPS) is 23.3. The van der Waals surface area contributed by atoms with E-state index in [0.29, 0.717) is 13.2 Å². The predicted molar refractivity (Wildman–Crippen MR) is 86.0 cm³/mol. The first kappa shape index (κ1) is 15.4. The largest absolute Gasteiger partial charge is 0.383 e. The van der Waals surface area contributed by atoms with E-state index in [-0.39, 0.29) is 5.92 Å². The van der Waals surface area contributed by atoms with Gasteiger partial charge in [-0.25, -0.2) is 4.39 Å². The zero-order valence-electron chi connectivity index (χ0n) is 13.6. The molecule has 1 fully saturated rings. The molecule has 1 aliphatic rings. The average molecular weight is 305 g/mol. The molecule has 0 N–H and O–H groups in total. The Bertz CT molecular complexity index is 655. The third-order valence-corrected chi connectivity index (χ3v) is 4.77. The number of likely N-dealkylation sites (tertiary alicyclic amines) is 1. The van der Waals surface area contributed by atoms with Crippen LogP contribution >= 0.6 is 0 Å². The minimum Gasteiger partial charge on any atom is -0.383 e. The second-order valence-corrected chi connectivity index (χ2v) is 6.24. The third-order valence-electron chi connectivity index (χ3n) is 4.77. The Labute approximate surface area is 130 Å². The van der Waals surface area contributed by atoms with Crippen LogP contribution in [0.1, 0.15) is 23.5 Å². The second-order valence-electron chi connectivity index (χ2n) is 6.24. The number of rotatable bonds is 4. The fraction of sp³-hybridized carbons (Fsp3) is 0.588. The highest BCUT2D eigenvalue weighted by atomic mass is 19.1. The zero-order chi connectivity index (χ0) is 15.7. The molecule has 120 valence electrons. The van der Waals surface area contributed by atoms with Gasteiger partial charge in [0.1, 0.15) is 6.17 Å². The van der Waals surface area contributed by atoms with Gasteiger partial charge in [-0.3, -0.25) is 9.58 Å². The maximum absolute atomic E-state index is 14.7.